The lowest BCUT2D eigenvalue weighted by molar-refractivity contribution is -0.141. The molecule has 0 aliphatic heterocycles. The Balaban J connectivity index is 2.52. The molecule has 0 fully saturated rings. The highest BCUT2D eigenvalue weighted by Crippen LogP contribution is 2.21. The van der Waals surface area contributed by atoms with Crippen LogP contribution in [0.1, 0.15) is 12.5 Å². The van der Waals surface area contributed by atoms with Gasteiger partial charge in [0, 0.05) is 16.6 Å². The van der Waals surface area contributed by atoms with E-state index in [9.17, 15) is 9.59 Å². The Kier molecular flexibility index (Phi) is 5.44. The monoisotopic (exact) mass is 289 g/mol. The number of nitrogens with one attached hydrogen (secondary N) is 1. The first-order valence-corrected chi connectivity index (χ1v) is 6.09. The molecule has 0 bridgehead atoms. The molecule has 1 rings (SSSR count). The van der Waals surface area contributed by atoms with Crippen LogP contribution in [0, 0.1) is 5.92 Å². The van der Waals surface area contributed by atoms with Crippen molar-refractivity contribution < 1.29 is 14.7 Å². The van der Waals surface area contributed by atoms with Gasteiger partial charge in [0.05, 0.1) is 12.3 Å². The van der Waals surface area contributed by atoms with Crippen LogP contribution >= 0.6 is 23.2 Å². The van der Waals surface area contributed by atoms with Crippen LogP contribution in [0.4, 0.5) is 0 Å². The van der Waals surface area contributed by atoms with Gasteiger partial charge in [-0.15, -0.1) is 0 Å². The molecule has 1 unspecified atom stereocenters. The summed E-state index contributed by atoms with van der Waals surface area (Å²) >= 11 is 11.7. The predicted octanol–water partition coefficient (Wildman–Crippen LogP) is 2.37. The standard InChI is InChI=1S/C12H13Cl2NO3/c1-7(12(17)18)6-15-11(16)4-8-2-3-9(13)5-10(8)14/h2-3,5,7H,4,6H2,1H3,(H,15,16)(H,17,18). The van der Waals surface area contributed by atoms with Gasteiger partial charge in [0.1, 0.15) is 0 Å². The predicted molar refractivity (Wildman–Crippen MR) is 70.0 cm³/mol. The Bertz CT molecular complexity index is 463. The molecule has 0 saturated heterocycles. The number of hydrogen-bond acceptors (Lipinski definition) is 2. The molecule has 1 atom stereocenters. The van der Waals surface area contributed by atoms with E-state index in [1.54, 1.807) is 18.2 Å². The van der Waals surface area contributed by atoms with Crippen molar-refractivity contribution in [2.24, 2.45) is 5.92 Å². The van der Waals surface area contributed by atoms with Crippen LogP contribution in [-0.4, -0.2) is 23.5 Å². The Hall–Kier alpha value is -1.26. The number of rotatable bonds is 5. The highest BCUT2D eigenvalue weighted by Gasteiger charge is 2.13. The molecule has 0 heterocycles. The van der Waals surface area contributed by atoms with E-state index in [1.165, 1.54) is 6.92 Å². The van der Waals surface area contributed by atoms with Crippen molar-refractivity contribution in [3.63, 3.8) is 0 Å². The summed E-state index contributed by atoms with van der Waals surface area (Å²) in [5.74, 6) is -1.83. The third kappa shape index (κ3) is 4.55. The van der Waals surface area contributed by atoms with Crippen molar-refractivity contribution in [3.8, 4) is 0 Å². The van der Waals surface area contributed by atoms with Crippen molar-refractivity contribution in [2.45, 2.75) is 13.3 Å². The van der Waals surface area contributed by atoms with Gasteiger partial charge in [-0.1, -0.05) is 36.2 Å². The second-order valence-corrected chi connectivity index (χ2v) is 4.80. The normalized spacial score (nSPS) is 11.9. The number of benzene rings is 1. The van der Waals surface area contributed by atoms with Gasteiger partial charge in [-0.05, 0) is 17.7 Å². The van der Waals surface area contributed by atoms with Gasteiger partial charge in [0.25, 0.3) is 0 Å². The molecule has 0 aliphatic carbocycles. The van der Waals surface area contributed by atoms with E-state index in [2.05, 4.69) is 5.32 Å². The fourth-order valence-electron chi connectivity index (χ4n) is 1.25. The first kappa shape index (κ1) is 14.8. The van der Waals surface area contributed by atoms with Gasteiger partial charge in [-0.25, -0.2) is 0 Å². The molecule has 1 aromatic carbocycles. The van der Waals surface area contributed by atoms with Crippen LogP contribution in [0.5, 0.6) is 0 Å². The largest absolute Gasteiger partial charge is 0.481 e. The topological polar surface area (TPSA) is 66.4 Å². The van der Waals surface area contributed by atoms with Gasteiger partial charge in [-0.2, -0.15) is 0 Å². The minimum Gasteiger partial charge on any atom is -0.481 e. The second kappa shape index (κ2) is 6.61. The van der Waals surface area contributed by atoms with E-state index in [0.717, 1.165) is 0 Å². The number of hydrogen-bond donors (Lipinski definition) is 2. The van der Waals surface area contributed by atoms with Gasteiger partial charge in [0.15, 0.2) is 0 Å². The summed E-state index contributed by atoms with van der Waals surface area (Å²) < 4.78 is 0. The lowest BCUT2D eigenvalue weighted by Crippen LogP contribution is -2.32. The molecular weight excluding hydrogens is 277 g/mol. The average Bonchev–Trinajstić information content (AvgIpc) is 2.29. The zero-order valence-corrected chi connectivity index (χ0v) is 11.3. The first-order valence-electron chi connectivity index (χ1n) is 5.33. The molecule has 1 amide bonds. The molecule has 0 spiro atoms. The first-order chi connectivity index (χ1) is 8.40. The van der Waals surface area contributed by atoms with Crippen LogP contribution in [0.3, 0.4) is 0 Å². The molecule has 18 heavy (non-hydrogen) atoms. The molecule has 0 radical (unpaired) electrons. The number of carbonyl (C=O) groups excluding carboxylic acids is 1. The van der Waals surface area contributed by atoms with Crippen LogP contribution in [0.2, 0.25) is 10.0 Å². The summed E-state index contributed by atoms with van der Waals surface area (Å²) in [5, 5.41) is 12.1. The van der Waals surface area contributed by atoms with Crippen molar-refractivity contribution in [1.29, 1.82) is 0 Å². The summed E-state index contributed by atoms with van der Waals surface area (Å²) in [6.07, 6.45) is 0.0995. The smallest absolute Gasteiger partial charge is 0.308 e. The summed E-state index contributed by atoms with van der Waals surface area (Å²) in [5.41, 5.74) is 0.654. The maximum atomic E-state index is 11.6. The average molecular weight is 290 g/mol. The third-order valence-corrected chi connectivity index (χ3v) is 2.98. The third-order valence-electron chi connectivity index (χ3n) is 2.39. The summed E-state index contributed by atoms with van der Waals surface area (Å²) in [6.45, 7) is 1.62. The van der Waals surface area contributed by atoms with E-state index in [4.69, 9.17) is 28.3 Å². The maximum Gasteiger partial charge on any atom is 0.308 e. The summed E-state index contributed by atoms with van der Waals surface area (Å²) in [7, 11) is 0. The molecule has 4 nitrogen and oxygen atoms in total. The molecule has 6 heteroatoms. The Morgan fingerprint density at radius 2 is 2.06 bits per heavy atom. The van der Waals surface area contributed by atoms with E-state index in [-0.39, 0.29) is 18.9 Å². The number of halogens is 2. The summed E-state index contributed by atoms with van der Waals surface area (Å²) in [6, 6.07) is 4.88. The van der Waals surface area contributed by atoms with E-state index < -0.39 is 11.9 Å². The van der Waals surface area contributed by atoms with Gasteiger partial charge in [0.2, 0.25) is 5.91 Å². The van der Waals surface area contributed by atoms with Crippen LogP contribution in [-0.2, 0) is 16.0 Å². The van der Waals surface area contributed by atoms with Crippen molar-refractivity contribution in [2.75, 3.05) is 6.54 Å². The molecule has 2 N–H and O–H groups in total. The van der Waals surface area contributed by atoms with Crippen LogP contribution in [0.15, 0.2) is 18.2 Å². The van der Waals surface area contributed by atoms with Gasteiger partial charge in [-0.3, -0.25) is 9.59 Å². The van der Waals surface area contributed by atoms with Gasteiger partial charge < -0.3 is 10.4 Å². The summed E-state index contributed by atoms with van der Waals surface area (Å²) in [4.78, 5) is 22.2. The quantitative estimate of drug-likeness (QED) is 0.875. The minimum absolute atomic E-state index is 0.0966. The van der Waals surface area contributed by atoms with Crippen LogP contribution < -0.4 is 5.32 Å². The Labute approximate surface area is 115 Å². The van der Waals surface area contributed by atoms with Crippen LogP contribution in [0.25, 0.3) is 0 Å². The van der Waals surface area contributed by atoms with E-state index in [0.29, 0.717) is 15.6 Å². The zero-order chi connectivity index (χ0) is 13.7. The number of carboxylic acids is 1. The molecule has 1 aromatic rings. The number of amides is 1. The fraction of sp³-hybridized carbons (Fsp3) is 0.333. The highest BCUT2D eigenvalue weighted by molar-refractivity contribution is 6.35. The minimum atomic E-state index is -0.945. The molecule has 0 aliphatic rings. The maximum absolute atomic E-state index is 11.6. The lowest BCUT2D eigenvalue weighted by Gasteiger charge is -2.09. The molecule has 98 valence electrons. The Morgan fingerprint density at radius 1 is 1.39 bits per heavy atom. The van der Waals surface area contributed by atoms with E-state index in [1.807, 2.05) is 0 Å². The highest BCUT2D eigenvalue weighted by atomic mass is 35.5. The SMILES string of the molecule is CC(CNC(=O)Cc1ccc(Cl)cc1Cl)C(=O)O. The fourth-order valence-corrected chi connectivity index (χ4v) is 1.73. The number of carboxylic acid groups (broad SMARTS) is 1. The van der Waals surface area contributed by atoms with Crippen molar-refractivity contribution in [1.82, 2.24) is 5.32 Å². The molecular formula is C12H13Cl2NO3. The number of aliphatic carboxylic acids is 1. The lowest BCUT2D eigenvalue weighted by atomic mass is 10.1. The van der Waals surface area contributed by atoms with E-state index >= 15 is 0 Å². The van der Waals surface area contributed by atoms with Crippen molar-refractivity contribution in [3.05, 3.63) is 33.8 Å². The Morgan fingerprint density at radius 3 is 2.61 bits per heavy atom. The molecule has 0 saturated carbocycles. The zero-order valence-electron chi connectivity index (χ0n) is 9.74. The second-order valence-electron chi connectivity index (χ2n) is 3.96. The van der Waals surface area contributed by atoms with Gasteiger partial charge >= 0.3 is 5.97 Å². The van der Waals surface area contributed by atoms with Crippen molar-refractivity contribution >= 4 is 35.1 Å². The number of carbonyl (C=O) groups is 2. The molecule has 0 aromatic heterocycles.